The first-order chi connectivity index (χ1) is 8.43. The Morgan fingerprint density at radius 1 is 1.33 bits per heavy atom. The molecule has 2 rings (SSSR count). The largest absolute Gasteiger partial charge is 0.488 e. The molecule has 18 heavy (non-hydrogen) atoms. The van der Waals surface area contributed by atoms with Crippen LogP contribution in [0.25, 0.3) is 0 Å². The van der Waals surface area contributed by atoms with Gasteiger partial charge in [0.05, 0.1) is 0 Å². The van der Waals surface area contributed by atoms with Crippen molar-refractivity contribution in [1.82, 2.24) is 0 Å². The van der Waals surface area contributed by atoms with Crippen LogP contribution in [0, 0.1) is 5.41 Å². The first-order valence-electron chi connectivity index (χ1n) is 6.19. The summed E-state index contributed by atoms with van der Waals surface area (Å²) in [6.07, 6.45) is 2.06. The third-order valence-electron chi connectivity index (χ3n) is 3.00. The number of amidine groups is 2. The second kappa shape index (κ2) is 4.44. The van der Waals surface area contributed by atoms with Gasteiger partial charge in [-0.05, 0) is 38.5 Å². The van der Waals surface area contributed by atoms with Gasteiger partial charge in [0.2, 0.25) is 0 Å². The normalized spacial score (nSPS) is 14.4. The molecule has 1 aromatic carbocycles. The Balaban J connectivity index is 2.24. The molecule has 0 amide bonds. The van der Waals surface area contributed by atoms with Crippen LogP contribution >= 0.6 is 0 Å². The van der Waals surface area contributed by atoms with E-state index in [4.69, 9.17) is 15.9 Å². The molecule has 0 atom stereocenters. The van der Waals surface area contributed by atoms with Gasteiger partial charge in [-0.25, -0.2) is 4.99 Å². The van der Waals surface area contributed by atoms with Crippen molar-refractivity contribution >= 4 is 11.7 Å². The molecule has 3 N–H and O–H groups in total. The van der Waals surface area contributed by atoms with Crippen LogP contribution in [-0.2, 0) is 0 Å². The van der Waals surface area contributed by atoms with Crippen LogP contribution in [0.4, 0.5) is 0 Å². The van der Waals surface area contributed by atoms with Crippen molar-refractivity contribution in [3.05, 3.63) is 29.3 Å². The third kappa shape index (κ3) is 2.37. The minimum atomic E-state index is -0.198. The quantitative estimate of drug-likeness (QED) is 0.856. The van der Waals surface area contributed by atoms with Gasteiger partial charge < -0.3 is 10.5 Å². The molecule has 0 spiro atoms. The molecule has 4 nitrogen and oxygen atoms in total. The van der Waals surface area contributed by atoms with E-state index in [2.05, 4.69) is 25.8 Å². The average Bonchev–Trinajstić information content (AvgIpc) is 2.53. The van der Waals surface area contributed by atoms with Crippen LogP contribution in [0.15, 0.2) is 23.2 Å². The number of nitrogens with one attached hydrogen (secondary N) is 1. The second-order valence-corrected chi connectivity index (χ2v) is 5.16. The summed E-state index contributed by atoms with van der Waals surface area (Å²) >= 11 is 0. The molecule has 0 saturated heterocycles. The van der Waals surface area contributed by atoms with Gasteiger partial charge in [-0.15, -0.1) is 0 Å². The van der Waals surface area contributed by atoms with E-state index >= 15 is 0 Å². The van der Waals surface area contributed by atoms with Crippen molar-refractivity contribution in [2.45, 2.75) is 39.2 Å². The van der Waals surface area contributed by atoms with Crippen LogP contribution in [-0.4, -0.2) is 17.3 Å². The molecule has 96 valence electrons. The molecule has 0 fully saturated rings. The van der Waals surface area contributed by atoms with Crippen LogP contribution in [0.2, 0.25) is 0 Å². The minimum Gasteiger partial charge on any atom is -0.488 e. The zero-order chi connectivity index (χ0) is 13.3. The molecular weight excluding hydrogens is 226 g/mol. The van der Waals surface area contributed by atoms with Gasteiger partial charge in [-0.3, -0.25) is 5.41 Å². The van der Waals surface area contributed by atoms with Crippen LogP contribution in [0.5, 0.6) is 5.75 Å². The van der Waals surface area contributed by atoms with Crippen molar-refractivity contribution in [3.8, 4) is 5.75 Å². The molecule has 1 aromatic rings. The lowest BCUT2D eigenvalue weighted by Gasteiger charge is -2.26. The van der Waals surface area contributed by atoms with Gasteiger partial charge in [-0.1, -0.05) is 13.3 Å². The van der Waals surface area contributed by atoms with E-state index in [9.17, 15) is 0 Å². The van der Waals surface area contributed by atoms with Gasteiger partial charge >= 0.3 is 0 Å². The summed E-state index contributed by atoms with van der Waals surface area (Å²) in [5.41, 5.74) is 7.10. The van der Waals surface area contributed by atoms with E-state index in [0.29, 0.717) is 5.84 Å². The molecule has 0 radical (unpaired) electrons. The van der Waals surface area contributed by atoms with E-state index in [-0.39, 0.29) is 11.4 Å². The van der Waals surface area contributed by atoms with Gasteiger partial charge in [0.15, 0.2) is 5.84 Å². The molecule has 0 saturated carbocycles. The first-order valence-corrected chi connectivity index (χ1v) is 6.19. The second-order valence-electron chi connectivity index (χ2n) is 5.16. The predicted octanol–water partition coefficient (Wildman–Crippen LogP) is 2.69. The number of nitrogens with two attached hydrogens (primary N) is 1. The van der Waals surface area contributed by atoms with Crippen molar-refractivity contribution in [3.63, 3.8) is 0 Å². The van der Waals surface area contributed by atoms with E-state index in [1.807, 2.05) is 18.2 Å². The highest BCUT2D eigenvalue weighted by Gasteiger charge is 2.22. The Bertz CT molecular complexity index is 518. The lowest BCUT2D eigenvalue weighted by atomic mass is 10.0. The molecule has 0 aliphatic carbocycles. The monoisotopic (exact) mass is 245 g/mol. The summed E-state index contributed by atoms with van der Waals surface area (Å²) < 4.78 is 5.96. The topological polar surface area (TPSA) is 71.5 Å². The fraction of sp³-hybridized carbons (Fsp3) is 0.429. The highest BCUT2D eigenvalue weighted by atomic mass is 16.5. The van der Waals surface area contributed by atoms with E-state index in [1.54, 1.807) is 0 Å². The molecular formula is C14H19N3O. The van der Waals surface area contributed by atoms with Gasteiger partial charge in [0.25, 0.3) is 0 Å². The first kappa shape index (κ1) is 12.6. The number of ether oxygens (including phenoxy) is 1. The van der Waals surface area contributed by atoms with E-state index < -0.39 is 0 Å². The van der Waals surface area contributed by atoms with Crippen LogP contribution in [0.3, 0.4) is 0 Å². The fourth-order valence-corrected chi connectivity index (χ4v) is 2.22. The predicted molar refractivity (Wildman–Crippen MR) is 73.6 cm³/mol. The summed E-state index contributed by atoms with van der Waals surface area (Å²) in [6.45, 7) is 6.28. The number of benzene rings is 1. The summed E-state index contributed by atoms with van der Waals surface area (Å²) in [7, 11) is 0. The average molecular weight is 245 g/mol. The number of hydrogen-bond acceptors (Lipinski definition) is 3. The van der Waals surface area contributed by atoms with E-state index in [0.717, 1.165) is 29.7 Å². The molecule has 4 heteroatoms. The summed E-state index contributed by atoms with van der Waals surface area (Å²) in [5, 5.41) is 7.75. The van der Waals surface area contributed by atoms with Gasteiger partial charge in [0, 0.05) is 11.1 Å². The maximum absolute atomic E-state index is 7.75. The smallest absolute Gasteiger partial charge is 0.155 e. The van der Waals surface area contributed by atoms with Crippen LogP contribution in [0.1, 0.15) is 44.7 Å². The van der Waals surface area contributed by atoms with Gasteiger partial charge in [-0.2, -0.15) is 0 Å². The zero-order valence-electron chi connectivity index (χ0n) is 11.1. The van der Waals surface area contributed by atoms with E-state index in [1.165, 1.54) is 0 Å². The maximum atomic E-state index is 7.75. The number of hydrogen-bond donors (Lipinski definition) is 2. The number of rotatable bonds is 4. The molecule has 1 aliphatic heterocycles. The number of nitrogens with zero attached hydrogens (tertiary/aromatic N) is 1. The lowest BCUT2D eigenvalue weighted by molar-refractivity contribution is 0.0986. The zero-order valence-corrected chi connectivity index (χ0v) is 11.1. The lowest BCUT2D eigenvalue weighted by Crippen LogP contribution is -2.27. The Hall–Kier alpha value is -1.84. The van der Waals surface area contributed by atoms with Crippen molar-refractivity contribution in [2.75, 3.05) is 0 Å². The third-order valence-corrected chi connectivity index (χ3v) is 3.00. The summed E-state index contributed by atoms with van der Waals surface area (Å²) in [4.78, 5) is 3.95. The summed E-state index contributed by atoms with van der Waals surface area (Å²) in [5.74, 6) is 1.39. The summed E-state index contributed by atoms with van der Waals surface area (Å²) in [6, 6.07) is 5.60. The minimum absolute atomic E-state index is 0.198. The SMILES string of the molecule is CCCC(C)(C)Oc1ccc2c(c1)C(=N)N=C2N. The maximum Gasteiger partial charge on any atom is 0.155 e. The Morgan fingerprint density at radius 2 is 2.06 bits per heavy atom. The number of aliphatic imine (C=N–C) groups is 1. The Labute approximate surface area is 107 Å². The fourth-order valence-electron chi connectivity index (χ4n) is 2.22. The van der Waals surface area contributed by atoms with Gasteiger partial charge in [0.1, 0.15) is 17.2 Å². The van der Waals surface area contributed by atoms with Crippen molar-refractivity contribution in [1.29, 1.82) is 5.41 Å². The Kier molecular flexibility index (Phi) is 3.11. The molecule has 1 heterocycles. The highest BCUT2D eigenvalue weighted by Crippen LogP contribution is 2.27. The standard InChI is InChI=1S/C14H19N3O/c1-4-7-14(2,3)18-9-5-6-10-11(8-9)13(16)17-12(10)15/h5-6,8H,4,7H2,1-3H3,(H3,15,16,17). The molecule has 0 aromatic heterocycles. The van der Waals surface area contributed by atoms with Crippen molar-refractivity contribution in [2.24, 2.45) is 10.7 Å². The number of fused-ring (bicyclic) bond motifs is 1. The van der Waals surface area contributed by atoms with Crippen molar-refractivity contribution < 1.29 is 4.74 Å². The van der Waals surface area contributed by atoms with Crippen LogP contribution < -0.4 is 10.5 Å². The molecule has 1 aliphatic rings. The highest BCUT2D eigenvalue weighted by molar-refractivity contribution is 6.20. The molecule has 0 unspecified atom stereocenters. The molecule has 0 bridgehead atoms. The Morgan fingerprint density at radius 3 is 2.72 bits per heavy atom.